The summed E-state index contributed by atoms with van der Waals surface area (Å²) in [5.41, 5.74) is 0.988. The molecule has 4 aliphatic rings. The fraction of sp³-hybridized carbons (Fsp3) is 0.455. The standard InChI is InChI=1S/C22H20N2O6S2/c1-30-12(26)7-24-20(27)15-10-6-11(16(15)21(24)28)17-14(10)13(8-2-4-9(25)5-3-8)18-19(31-17)23-22(29)32-18/h2-5,10-11,13-17,25H,6-7H2,1H3,(H,23,29). The first-order valence-corrected chi connectivity index (χ1v) is 12.2. The third-order valence-corrected chi connectivity index (χ3v) is 10.2. The quantitative estimate of drug-likeness (QED) is 0.517. The van der Waals surface area contributed by atoms with Crippen molar-refractivity contribution in [2.75, 3.05) is 13.7 Å². The van der Waals surface area contributed by atoms with Crippen molar-refractivity contribution in [3.05, 3.63) is 44.4 Å². The number of aromatic hydroxyl groups is 1. The monoisotopic (exact) mass is 472 g/mol. The number of esters is 1. The van der Waals surface area contributed by atoms with Crippen molar-refractivity contribution < 1.29 is 24.2 Å². The second-order valence-corrected chi connectivity index (χ2v) is 11.1. The summed E-state index contributed by atoms with van der Waals surface area (Å²) in [7, 11) is 1.24. The Morgan fingerprint density at radius 3 is 2.53 bits per heavy atom. The van der Waals surface area contributed by atoms with Crippen LogP contribution in [-0.2, 0) is 19.1 Å². The number of nitrogens with one attached hydrogen (secondary N) is 1. The summed E-state index contributed by atoms with van der Waals surface area (Å²) in [5.74, 6) is -1.84. The first-order valence-electron chi connectivity index (χ1n) is 10.5. The number of carbonyl (C=O) groups excluding carboxylic acids is 3. The minimum absolute atomic E-state index is 0.00856. The van der Waals surface area contributed by atoms with Crippen molar-refractivity contribution in [1.82, 2.24) is 9.88 Å². The van der Waals surface area contributed by atoms with Gasteiger partial charge in [-0.25, -0.2) is 0 Å². The Bertz CT molecular complexity index is 1200. The molecule has 2 saturated carbocycles. The first kappa shape index (κ1) is 20.0. The van der Waals surface area contributed by atoms with E-state index in [9.17, 15) is 24.3 Å². The Labute approximate surface area is 191 Å². The molecule has 166 valence electrons. The van der Waals surface area contributed by atoms with Crippen LogP contribution in [0, 0.1) is 29.6 Å². The Kier molecular flexibility index (Phi) is 4.36. The van der Waals surface area contributed by atoms with E-state index in [1.807, 2.05) is 12.1 Å². The molecule has 10 heteroatoms. The van der Waals surface area contributed by atoms with Gasteiger partial charge in [0.2, 0.25) is 11.8 Å². The largest absolute Gasteiger partial charge is 0.508 e. The fourth-order valence-corrected chi connectivity index (χ4v) is 9.37. The zero-order valence-corrected chi connectivity index (χ0v) is 18.7. The van der Waals surface area contributed by atoms with E-state index in [0.717, 1.165) is 26.8 Å². The number of phenolic OH excluding ortho intramolecular Hbond substituents is 1. The van der Waals surface area contributed by atoms with E-state index in [1.165, 1.54) is 18.4 Å². The van der Waals surface area contributed by atoms with Crippen molar-refractivity contribution in [1.29, 1.82) is 0 Å². The third kappa shape index (κ3) is 2.62. The summed E-state index contributed by atoms with van der Waals surface area (Å²) in [4.78, 5) is 55.3. The van der Waals surface area contributed by atoms with Crippen LogP contribution in [0.5, 0.6) is 5.75 Å². The topological polar surface area (TPSA) is 117 Å². The van der Waals surface area contributed by atoms with Crippen LogP contribution in [0.4, 0.5) is 0 Å². The Morgan fingerprint density at radius 1 is 1.16 bits per heavy atom. The molecule has 2 aliphatic heterocycles. The highest BCUT2D eigenvalue weighted by Crippen LogP contribution is 2.68. The van der Waals surface area contributed by atoms with Crippen LogP contribution >= 0.6 is 23.1 Å². The molecule has 2 amide bonds. The summed E-state index contributed by atoms with van der Waals surface area (Å²) in [5, 5.41) is 10.7. The van der Waals surface area contributed by atoms with E-state index in [1.54, 1.807) is 23.9 Å². The average molecular weight is 473 g/mol. The van der Waals surface area contributed by atoms with Gasteiger partial charge in [-0.1, -0.05) is 23.5 Å². The maximum absolute atomic E-state index is 13.3. The smallest absolute Gasteiger partial charge is 0.325 e. The number of ether oxygens (including phenoxy) is 1. The molecule has 7 unspecified atom stereocenters. The first-order chi connectivity index (χ1) is 15.4. The summed E-state index contributed by atoms with van der Waals surface area (Å²) < 4.78 is 4.68. The number of H-pyrrole nitrogens is 1. The highest BCUT2D eigenvalue weighted by atomic mass is 32.2. The SMILES string of the molecule is COC(=O)CN1C(=O)C2C3CC(C2C1=O)C1C(c2ccc(O)cc2)c2sc(=O)[nH]c2SC31. The number of aromatic nitrogens is 1. The number of thiazole rings is 1. The molecule has 0 radical (unpaired) electrons. The lowest BCUT2D eigenvalue weighted by Gasteiger charge is -2.43. The minimum Gasteiger partial charge on any atom is -0.508 e. The van der Waals surface area contributed by atoms with E-state index in [-0.39, 0.29) is 57.9 Å². The van der Waals surface area contributed by atoms with E-state index in [2.05, 4.69) is 9.72 Å². The second-order valence-electron chi connectivity index (χ2n) is 8.89. The molecule has 1 aromatic carbocycles. The van der Waals surface area contributed by atoms with Gasteiger partial charge in [-0.2, -0.15) is 0 Å². The molecule has 0 spiro atoms. The lowest BCUT2D eigenvalue weighted by molar-refractivity contribution is -0.151. The predicted molar refractivity (Wildman–Crippen MR) is 115 cm³/mol. The van der Waals surface area contributed by atoms with Crippen molar-refractivity contribution in [2.24, 2.45) is 29.6 Å². The van der Waals surface area contributed by atoms with Crippen molar-refractivity contribution in [2.45, 2.75) is 22.6 Å². The molecule has 7 atom stereocenters. The fourth-order valence-electron chi connectivity index (χ4n) is 6.48. The zero-order valence-electron chi connectivity index (χ0n) is 17.0. The van der Waals surface area contributed by atoms with Gasteiger partial charge in [-0.3, -0.25) is 24.1 Å². The van der Waals surface area contributed by atoms with Crippen LogP contribution in [0.15, 0.2) is 34.1 Å². The number of thioether (sulfide) groups is 1. The number of nitrogens with zero attached hydrogens (tertiary/aromatic N) is 1. The van der Waals surface area contributed by atoms with Gasteiger partial charge in [0.05, 0.1) is 24.0 Å². The highest BCUT2D eigenvalue weighted by molar-refractivity contribution is 8.00. The second kappa shape index (κ2) is 6.95. The molecule has 32 heavy (non-hydrogen) atoms. The summed E-state index contributed by atoms with van der Waals surface area (Å²) in [6.07, 6.45) is 0.787. The number of benzene rings is 1. The number of fused-ring (bicyclic) bond motifs is 9. The van der Waals surface area contributed by atoms with Gasteiger partial charge in [0.25, 0.3) is 0 Å². The van der Waals surface area contributed by atoms with E-state index >= 15 is 0 Å². The molecule has 1 aromatic heterocycles. The molecule has 8 nitrogen and oxygen atoms in total. The number of aromatic amines is 1. The van der Waals surface area contributed by atoms with Crippen LogP contribution in [0.25, 0.3) is 0 Å². The molecule has 2 bridgehead atoms. The molecule has 2 aliphatic carbocycles. The molecular weight excluding hydrogens is 452 g/mol. The number of hydrogen-bond acceptors (Lipinski definition) is 8. The van der Waals surface area contributed by atoms with Crippen LogP contribution in [0.2, 0.25) is 0 Å². The lowest BCUT2D eigenvalue weighted by atomic mass is 9.68. The van der Waals surface area contributed by atoms with Crippen LogP contribution < -0.4 is 4.87 Å². The van der Waals surface area contributed by atoms with Gasteiger partial charge in [-0.15, -0.1) is 11.8 Å². The van der Waals surface area contributed by atoms with E-state index in [4.69, 9.17) is 0 Å². The molecule has 1 saturated heterocycles. The van der Waals surface area contributed by atoms with Crippen molar-refractivity contribution >= 4 is 40.9 Å². The predicted octanol–water partition coefficient (Wildman–Crippen LogP) is 1.79. The normalized spacial score (nSPS) is 34.4. The summed E-state index contributed by atoms with van der Waals surface area (Å²) in [6.45, 7) is -0.342. The van der Waals surface area contributed by atoms with Gasteiger partial charge in [0.1, 0.15) is 12.3 Å². The highest BCUT2D eigenvalue weighted by Gasteiger charge is 2.69. The van der Waals surface area contributed by atoms with Crippen molar-refractivity contribution in [3.63, 3.8) is 0 Å². The van der Waals surface area contributed by atoms with Gasteiger partial charge < -0.3 is 14.8 Å². The Balaban J connectivity index is 1.42. The molecule has 3 fully saturated rings. The van der Waals surface area contributed by atoms with Crippen LogP contribution in [0.3, 0.4) is 0 Å². The maximum atomic E-state index is 13.3. The van der Waals surface area contributed by atoms with Crippen molar-refractivity contribution in [3.8, 4) is 5.75 Å². The van der Waals surface area contributed by atoms with E-state index < -0.39 is 17.8 Å². The summed E-state index contributed by atoms with van der Waals surface area (Å²) in [6, 6.07) is 7.02. The zero-order chi connectivity index (χ0) is 22.3. The number of methoxy groups -OCH3 is 1. The number of rotatable bonds is 3. The number of imide groups is 1. The van der Waals surface area contributed by atoms with Gasteiger partial charge in [0, 0.05) is 16.0 Å². The van der Waals surface area contributed by atoms with Crippen LogP contribution in [-0.4, -0.2) is 51.7 Å². The molecule has 2 aromatic rings. The number of likely N-dealkylation sites (tertiary alicyclic amines) is 1. The van der Waals surface area contributed by atoms with Gasteiger partial charge in [-0.05, 0) is 41.9 Å². The Morgan fingerprint density at radius 2 is 1.84 bits per heavy atom. The van der Waals surface area contributed by atoms with E-state index in [0.29, 0.717) is 0 Å². The lowest BCUT2D eigenvalue weighted by Crippen LogP contribution is -2.42. The number of amides is 2. The van der Waals surface area contributed by atoms with Crippen LogP contribution in [0.1, 0.15) is 22.8 Å². The van der Waals surface area contributed by atoms with Gasteiger partial charge >= 0.3 is 10.8 Å². The van der Waals surface area contributed by atoms with Gasteiger partial charge in [0.15, 0.2) is 0 Å². The average Bonchev–Trinajstić information content (AvgIpc) is 3.50. The Hall–Kier alpha value is -2.59. The number of hydrogen-bond donors (Lipinski definition) is 2. The molecular formula is C22H20N2O6S2. The maximum Gasteiger partial charge on any atom is 0.325 e. The molecule has 6 rings (SSSR count). The molecule has 3 heterocycles. The number of carbonyl (C=O) groups is 3. The molecule has 2 N–H and O–H groups in total. The summed E-state index contributed by atoms with van der Waals surface area (Å²) >= 11 is 2.81. The third-order valence-electron chi connectivity index (χ3n) is 7.58. The number of phenols is 1. The minimum atomic E-state index is -0.604.